The lowest BCUT2D eigenvalue weighted by molar-refractivity contribution is -0.156. The highest BCUT2D eigenvalue weighted by Gasteiger charge is 2.34. The van der Waals surface area contributed by atoms with E-state index >= 15 is 0 Å². The maximum Gasteiger partial charge on any atom is 0.250 e. The van der Waals surface area contributed by atoms with Crippen molar-refractivity contribution >= 4 is 5.91 Å². The van der Waals surface area contributed by atoms with E-state index in [0.717, 1.165) is 19.4 Å². The average molecular weight is 214 g/mol. The third-order valence-corrected chi connectivity index (χ3v) is 3.05. The Morgan fingerprint density at radius 2 is 2.40 bits per heavy atom. The maximum absolute atomic E-state index is 11.7. The molecule has 2 atom stereocenters. The molecule has 2 saturated heterocycles. The van der Waals surface area contributed by atoms with Gasteiger partial charge in [-0.25, -0.2) is 0 Å². The SMILES string of the molecule is O=C1COCC(CO)N1C1CCCCN1. The van der Waals surface area contributed by atoms with Gasteiger partial charge in [-0.1, -0.05) is 0 Å². The Balaban J connectivity index is 2.03. The van der Waals surface area contributed by atoms with Crippen LogP contribution >= 0.6 is 0 Å². The van der Waals surface area contributed by atoms with Crippen molar-refractivity contribution in [1.29, 1.82) is 0 Å². The van der Waals surface area contributed by atoms with E-state index in [0.29, 0.717) is 6.61 Å². The molecule has 0 aromatic carbocycles. The fourth-order valence-corrected chi connectivity index (χ4v) is 2.28. The highest BCUT2D eigenvalue weighted by Crippen LogP contribution is 2.17. The van der Waals surface area contributed by atoms with Gasteiger partial charge in [0.25, 0.3) is 0 Å². The first-order valence-corrected chi connectivity index (χ1v) is 5.56. The Morgan fingerprint density at radius 1 is 1.53 bits per heavy atom. The number of nitrogens with one attached hydrogen (secondary N) is 1. The van der Waals surface area contributed by atoms with Crippen molar-refractivity contribution in [3.05, 3.63) is 0 Å². The van der Waals surface area contributed by atoms with E-state index < -0.39 is 0 Å². The largest absolute Gasteiger partial charge is 0.394 e. The van der Waals surface area contributed by atoms with Crippen LogP contribution in [0.25, 0.3) is 0 Å². The Morgan fingerprint density at radius 3 is 3.07 bits per heavy atom. The lowest BCUT2D eigenvalue weighted by atomic mass is 10.1. The molecule has 1 amide bonds. The fourth-order valence-electron chi connectivity index (χ4n) is 2.28. The number of hydrogen-bond donors (Lipinski definition) is 2. The second kappa shape index (κ2) is 4.92. The fraction of sp³-hybridized carbons (Fsp3) is 0.900. The van der Waals surface area contributed by atoms with Gasteiger partial charge in [-0.15, -0.1) is 0 Å². The molecule has 0 saturated carbocycles. The number of carbonyl (C=O) groups is 1. The molecular weight excluding hydrogens is 196 g/mol. The molecular formula is C10H18N2O3. The summed E-state index contributed by atoms with van der Waals surface area (Å²) < 4.78 is 5.13. The molecule has 2 N–H and O–H groups in total. The summed E-state index contributed by atoms with van der Waals surface area (Å²) in [6.07, 6.45) is 3.37. The predicted octanol–water partition coefficient (Wildman–Crippen LogP) is -0.694. The van der Waals surface area contributed by atoms with Crippen LogP contribution in [0.1, 0.15) is 19.3 Å². The second-order valence-corrected chi connectivity index (χ2v) is 4.12. The van der Waals surface area contributed by atoms with Gasteiger partial charge in [0.1, 0.15) is 6.61 Å². The molecule has 0 aromatic heterocycles. The molecule has 0 radical (unpaired) electrons. The highest BCUT2D eigenvalue weighted by molar-refractivity contribution is 5.78. The van der Waals surface area contributed by atoms with Gasteiger partial charge in [0.15, 0.2) is 0 Å². The molecule has 15 heavy (non-hydrogen) atoms. The van der Waals surface area contributed by atoms with Crippen LogP contribution in [0, 0.1) is 0 Å². The van der Waals surface area contributed by atoms with Gasteiger partial charge in [-0.2, -0.15) is 0 Å². The van der Waals surface area contributed by atoms with Crippen molar-refractivity contribution in [1.82, 2.24) is 10.2 Å². The maximum atomic E-state index is 11.7. The third-order valence-electron chi connectivity index (χ3n) is 3.05. The molecule has 0 spiro atoms. The zero-order valence-electron chi connectivity index (χ0n) is 8.82. The molecule has 0 aromatic rings. The van der Waals surface area contributed by atoms with Gasteiger partial charge in [0.05, 0.1) is 25.4 Å². The monoisotopic (exact) mass is 214 g/mol. The Labute approximate surface area is 89.4 Å². The third kappa shape index (κ3) is 2.30. The molecule has 2 unspecified atom stereocenters. The van der Waals surface area contributed by atoms with Crippen molar-refractivity contribution in [2.24, 2.45) is 0 Å². The molecule has 5 nitrogen and oxygen atoms in total. The number of carbonyl (C=O) groups excluding carboxylic acids is 1. The number of aliphatic hydroxyl groups is 1. The average Bonchev–Trinajstić information content (AvgIpc) is 2.29. The molecule has 2 fully saturated rings. The van der Waals surface area contributed by atoms with Crippen LogP contribution in [0.3, 0.4) is 0 Å². The molecule has 2 aliphatic rings. The van der Waals surface area contributed by atoms with Crippen LogP contribution in [0.2, 0.25) is 0 Å². The normalized spacial score (nSPS) is 33.1. The first-order chi connectivity index (χ1) is 7.33. The summed E-state index contributed by atoms with van der Waals surface area (Å²) in [5, 5.41) is 12.5. The lowest BCUT2D eigenvalue weighted by Crippen LogP contribution is -2.60. The Bertz CT molecular complexity index is 229. The molecule has 2 rings (SSSR count). The molecule has 2 heterocycles. The van der Waals surface area contributed by atoms with E-state index in [2.05, 4.69) is 5.32 Å². The van der Waals surface area contributed by atoms with Gasteiger partial charge in [-0.3, -0.25) is 10.1 Å². The first-order valence-electron chi connectivity index (χ1n) is 5.56. The topological polar surface area (TPSA) is 61.8 Å². The minimum absolute atomic E-state index is 0.0142. The summed E-state index contributed by atoms with van der Waals surface area (Å²) in [6, 6.07) is -0.179. The van der Waals surface area contributed by atoms with Crippen molar-refractivity contribution in [2.45, 2.75) is 31.5 Å². The van der Waals surface area contributed by atoms with Gasteiger partial charge in [0, 0.05) is 0 Å². The minimum Gasteiger partial charge on any atom is -0.394 e. The van der Waals surface area contributed by atoms with Gasteiger partial charge >= 0.3 is 0 Å². The standard InChI is InChI=1S/C10H18N2O3/c13-5-8-6-15-7-10(14)12(8)9-3-1-2-4-11-9/h8-9,11,13H,1-7H2. The number of piperidine rings is 1. The molecule has 5 heteroatoms. The Kier molecular flexibility index (Phi) is 3.56. The van der Waals surface area contributed by atoms with Gasteiger partial charge < -0.3 is 14.7 Å². The van der Waals surface area contributed by atoms with E-state index in [1.54, 1.807) is 4.90 Å². The summed E-state index contributed by atoms with van der Waals surface area (Å²) in [5.41, 5.74) is 0. The van der Waals surface area contributed by atoms with E-state index in [1.807, 2.05) is 0 Å². The summed E-state index contributed by atoms with van der Waals surface area (Å²) in [4.78, 5) is 13.5. The van der Waals surface area contributed by atoms with E-state index in [9.17, 15) is 9.90 Å². The number of rotatable bonds is 2. The summed E-state index contributed by atoms with van der Waals surface area (Å²) >= 11 is 0. The van der Waals surface area contributed by atoms with Crippen LogP contribution in [0.15, 0.2) is 0 Å². The summed E-state index contributed by atoms with van der Waals surface area (Å²) in [7, 11) is 0. The van der Waals surface area contributed by atoms with Gasteiger partial charge in [-0.05, 0) is 25.8 Å². The molecule has 2 aliphatic heterocycles. The predicted molar refractivity (Wildman–Crippen MR) is 54.2 cm³/mol. The lowest BCUT2D eigenvalue weighted by Gasteiger charge is -2.42. The van der Waals surface area contributed by atoms with Gasteiger partial charge in [0.2, 0.25) is 5.91 Å². The zero-order chi connectivity index (χ0) is 10.7. The minimum atomic E-state index is -0.179. The van der Waals surface area contributed by atoms with Crippen molar-refractivity contribution < 1.29 is 14.6 Å². The van der Waals surface area contributed by atoms with Crippen LogP contribution in [-0.2, 0) is 9.53 Å². The zero-order valence-corrected chi connectivity index (χ0v) is 8.82. The number of morpholine rings is 1. The van der Waals surface area contributed by atoms with Crippen LogP contribution in [-0.4, -0.2) is 54.5 Å². The smallest absolute Gasteiger partial charge is 0.250 e. The quantitative estimate of drug-likeness (QED) is 0.638. The summed E-state index contributed by atoms with van der Waals surface area (Å²) in [6.45, 7) is 1.52. The summed E-state index contributed by atoms with van der Waals surface area (Å²) in [5.74, 6) is -0.0142. The number of nitrogens with zero attached hydrogens (tertiary/aromatic N) is 1. The van der Waals surface area contributed by atoms with Crippen molar-refractivity contribution in [3.8, 4) is 0 Å². The van der Waals surface area contributed by atoms with Crippen LogP contribution in [0.4, 0.5) is 0 Å². The number of aliphatic hydroxyl groups excluding tert-OH is 1. The molecule has 0 aliphatic carbocycles. The van der Waals surface area contributed by atoms with E-state index in [-0.39, 0.29) is 31.3 Å². The number of ether oxygens (including phenoxy) is 1. The van der Waals surface area contributed by atoms with E-state index in [4.69, 9.17) is 4.74 Å². The Hall–Kier alpha value is -0.650. The highest BCUT2D eigenvalue weighted by atomic mass is 16.5. The van der Waals surface area contributed by atoms with Crippen molar-refractivity contribution in [2.75, 3.05) is 26.4 Å². The first kappa shape index (κ1) is 10.9. The van der Waals surface area contributed by atoms with Crippen molar-refractivity contribution in [3.63, 3.8) is 0 Å². The second-order valence-electron chi connectivity index (χ2n) is 4.12. The number of hydrogen-bond acceptors (Lipinski definition) is 4. The molecule has 0 bridgehead atoms. The molecule has 86 valence electrons. The number of amides is 1. The van der Waals surface area contributed by atoms with E-state index in [1.165, 1.54) is 6.42 Å². The van der Waals surface area contributed by atoms with Crippen LogP contribution < -0.4 is 5.32 Å². The van der Waals surface area contributed by atoms with Crippen LogP contribution in [0.5, 0.6) is 0 Å².